The highest BCUT2D eigenvalue weighted by Gasteiger charge is 2.86. The third-order valence-electron chi connectivity index (χ3n) is 10.9. The van der Waals surface area contributed by atoms with Gasteiger partial charge in [0.25, 0.3) is 5.54 Å². The van der Waals surface area contributed by atoms with Gasteiger partial charge in [-0.25, -0.2) is 0 Å². The minimum absolute atomic E-state index is 0.115. The molecule has 0 radical (unpaired) electrons. The first-order valence-corrected chi connectivity index (χ1v) is 18.1. The van der Waals surface area contributed by atoms with Gasteiger partial charge in [-0.1, -0.05) is 63.7 Å². The second-order valence-electron chi connectivity index (χ2n) is 15.5. The summed E-state index contributed by atoms with van der Waals surface area (Å²) in [5, 5.41) is 0. The molecule has 2 aliphatic heterocycles. The molecule has 3 atom stereocenters. The van der Waals surface area contributed by atoms with Crippen LogP contribution in [0.15, 0.2) is 103 Å². The van der Waals surface area contributed by atoms with Crippen molar-refractivity contribution < 1.29 is 13.9 Å². The predicted molar refractivity (Wildman–Crippen MR) is 197 cm³/mol. The molecule has 0 amide bonds. The molecule has 3 nitrogen and oxygen atoms in total. The number of nitrogens with zero attached hydrogens (tertiary/aromatic N) is 2. The average molecular weight is 651 g/mol. The quantitative estimate of drug-likeness (QED) is 0.132. The number of aromatic nitrogens is 2. The van der Waals surface area contributed by atoms with Crippen LogP contribution < -0.4 is 9.13 Å². The van der Waals surface area contributed by atoms with Gasteiger partial charge >= 0.3 is 0 Å². The fourth-order valence-electron chi connectivity index (χ4n) is 8.97. The molecule has 48 heavy (non-hydrogen) atoms. The Morgan fingerprint density at radius 1 is 0.854 bits per heavy atom. The highest BCUT2D eigenvalue weighted by molar-refractivity contribution is 7.11. The van der Waals surface area contributed by atoms with Crippen LogP contribution in [0.25, 0.3) is 28.0 Å². The van der Waals surface area contributed by atoms with Crippen LogP contribution in [0.4, 0.5) is 0 Å². The lowest BCUT2D eigenvalue weighted by Gasteiger charge is -2.22. The number of aryl methyl sites for hydroxylation is 4. The number of allylic oxidation sites excluding steroid dienone is 2. The van der Waals surface area contributed by atoms with Crippen molar-refractivity contribution in [1.82, 2.24) is 0 Å². The first-order chi connectivity index (χ1) is 22.9. The number of hydrogen-bond acceptors (Lipinski definition) is 2. The molecule has 4 heteroatoms. The number of pyridine rings is 2. The summed E-state index contributed by atoms with van der Waals surface area (Å²) in [4.78, 5) is 2.52. The Morgan fingerprint density at radius 2 is 1.60 bits per heavy atom. The standard InChI is InChI=1S/C44H46N2OS/c1-26-17-20-37-34-15-10-11-16-35(34)41-42(45(37)23-26)44(41)30(5)40(31(6)47-25-33-19-18-29(4)48-33)38-21-36(39-27(2)13-12-14-28(39)3)32(24-46(38)44)22-43(7,8)9/h10-21,23-24,41-42H,6,22,25H2,1-5,7-9H3/q+2. The molecular weight excluding hydrogens is 605 g/mol. The summed E-state index contributed by atoms with van der Waals surface area (Å²) >= 11 is 1.79. The summed E-state index contributed by atoms with van der Waals surface area (Å²) in [5.41, 5.74) is 15.6. The third kappa shape index (κ3) is 4.59. The van der Waals surface area contributed by atoms with E-state index in [1.165, 1.54) is 71.2 Å². The van der Waals surface area contributed by atoms with E-state index in [-0.39, 0.29) is 17.0 Å². The SMILES string of the molecule is C=C(OCc1ccc(C)s1)C1=C(C)C2(C3c4ccccc4-c4ccc(C)c[n+]4C32)[n+]2cc(CC(C)(C)C)c(-c3c(C)cccc3C)cc21. The van der Waals surface area contributed by atoms with Gasteiger partial charge < -0.3 is 4.74 Å². The van der Waals surface area contributed by atoms with E-state index in [0.717, 1.165) is 17.8 Å². The Hall–Kier alpha value is -4.28. The smallest absolute Gasteiger partial charge is 0.265 e. The van der Waals surface area contributed by atoms with Gasteiger partial charge in [-0.05, 0) is 98.5 Å². The number of hydrogen-bond donors (Lipinski definition) is 0. The Balaban J connectivity index is 1.39. The Labute approximate surface area is 289 Å². The van der Waals surface area contributed by atoms with Crippen LogP contribution in [-0.4, -0.2) is 0 Å². The molecule has 1 fully saturated rings. The molecular formula is C44H46N2OS+2. The molecule has 3 aliphatic rings. The first-order valence-electron chi connectivity index (χ1n) is 17.3. The summed E-state index contributed by atoms with van der Waals surface area (Å²) in [6, 6.07) is 27.4. The van der Waals surface area contributed by atoms with Crippen molar-refractivity contribution in [2.75, 3.05) is 0 Å². The summed E-state index contributed by atoms with van der Waals surface area (Å²) in [6.45, 7) is 23.5. The lowest BCUT2D eigenvalue weighted by molar-refractivity contribution is -0.780. The van der Waals surface area contributed by atoms with Gasteiger partial charge in [-0.3, -0.25) is 0 Å². The van der Waals surface area contributed by atoms with Gasteiger partial charge in [-0.2, -0.15) is 9.13 Å². The number of benzene rings is 2. The molecule has 1 spiro atoms. The molecule has 2 aromatic carbocycles. The number of fused-ring (bicyclic) bond motifs is 10. The van der Waals surface area contributed by atoms with Gasteiger partial charge in [0, 0.05) is 38.6 Å². The predicted octanol–water partition coefficient (Wildman–Crippen LogP) is 10.0. The lowest BCUT2D eigenvalue weighted by Crippen LogP contribution is -2.52. The fourth-order valence-corrected chi connectivity index (χ4v) is 9.77. The van der Waals surface area contributed by atoms with E-state index in [1.54, 1.807) is 11.3 Å². The summed E-state index contributed by atoms with van der Waals surface area (Å²) in [7, 11) is 0. The lowest BCUT2D eigenvalue weighted by atomic mass is 9.83. The van der Waals surface area contributed by atoms with E-state index in [2.05, 4.69) is 156 Å². The van der Waals surface area contributed by atoms with E-state index in [9.17, 15) is 0 Å². The molecule has 8 rings (SSSR count). The number of thiophene rings is 1. The summed E-state index contributed by atoms with van der Waals surface area (Å²) < 4.78 is 11.9. The highest BCUT2D eigenvalue weighted by atomic mass is 32.1. The van der Waals surface area contributed by atoms with Gasteiger partial charge in [0.05, 0.1) is 11.1 Å². The topological polar surface area (TPSA) is 17.0 Å². The normalized spacial score (nSPS) is 20.3. The van der Waals surface area contributed by atoms with Crippen LogP contribution in [-0.2, 0) is 23.3 Å². The summed E-state index contributed by atoms with van der Waals surface area (Å²) in [6.07, 6.45) is 5.87. The van der Waals surface area contributed by atoms with E-state index in [0.29, 0.717) is 12.5 Å². The number of rotatable bonds is 6. The van der Waals surface area contributed by atoms with Crippen molar-refractivity contribution in [2.24, 2.45) is 5.41 Å². The summed E-state index contributed by atoms with van der Waals surface area (Å²) in [5.74, 6) is 1.06. The van der Waals surface area contributed by atoms with E-state index < -0.39 is 0 Å². The Kier molecular flexibility index (Phi) is 7.02. The molecule has 0 N–H and O–H groups in total. The van der Waals surface area contributed by atoms with Gasteiger partial charge in [0.1, 0.15) is 18.3 Å². The van der Waals surface area contributed by atoms with Crippen molar-refractivity contribution in [3.63, 3.8) is 0 Å². The number of ether oxygens (including phenoxy) is 1. The van der Waals surface area contributed by atoms with Crippen molar-refractivity contribution in [2.45, 2.75) is 85.9 Å². The first kappa shape index (κ1) is 31.0. The molecule has 5 aromatic rings. The second kappa shape index (κ2) is 10.9. The maximum Gasteiger partial charge on any atom is 0.265 e. The van der Waals surface area contributed by atoms with Crippen molar-refractivity contribution in [3.05, 3.63) is 146 Å². The maximum absolute atomic E-state index is 6.63. The zero-order valence-electron chi connectivity index (χ0n) is 29.6. The third-order valence-corrected chi connectivity index (χ3v) is 11.8. The van der Waals surface area contributed by atoms with Crippen LogP contribution in [0.2, 0.25) is 0 Å². The highest BCUT2D eigenvalue weighted by Crippen LogP contribution is 2.70. The molecule has 3 unspecified atom stereocenters. The molecule has 0 saturated heterocycles. The van der Waals surface area contributed by atoms with E-state index in [4.69, 9.17) is 4.74 Å². The van der Waals surface area contributed by atoms with Gasteiger partial charge in [0.15, 0.2) is 12.4 Å². The van der Waals surface area contributed by atoms with Gasteiger partial charge in [-0.15, -0.1) is 11.3 Å². The zero-order chi connectivity index (χ0) is 33.7. The molecule has 1 saturated carbocycles. The molecule has 0 bridgehead atoms. The molecule has 242 valence electrons. The average Bonchev–Trinajstić information content (AvgIpc) is 3.47. The largest absolute Gasteiger partial charge is 0.488 e. The van der Waals surface area contributed by atoms with Crippen molar-refractivity contribution in [1.29, 1.82) is 0 Å². The molecule has 3 aromatic heterocycles. The maximum atomic E-state index is 6.63. The Bertz CT molecular complexity index is 2170. The molecule has 1 aliphatic carbocycles. The van der Waals surface area contributed by atoms with Crippen LogP contribution in [0.3, 0.4) is 0 Å². The monoisotopic (exact) mass is 650 g/mol. The minimum Gasteiger partial charge on any atom is -0.488 e. The van der Waals surface area contributed by atoms with Crippen molar-refractivity contribution >= 4 is 16.9 Å². The minimum atomic E-state index is -0.262. The van der Waals surface area contributed by atoms with Gasteiger partial charge in [0.2, 0.25) is 17.4 Å². The van der Waals surface area contributed by atoms with Crippen LogP contribution in [0, 0.1) is 33.1 Å². The molecule has 5 heterocycles. The second-order valence-corrected chi connectivity index (χ2v) is 16.9. The van der Waals surface area contributed by atoms with Crippen LogP contribution in [0.1, 0.15) is 82.9 Å². The fraction of sp³-hybridized carbons (Fsp3) is 0.318. The van der Waals surface area contributed by atoms with Crippen molar-refractivity contribution in [3.8, 4) is 22.4 Å². The van der Waals surface area contributed by atoms with E-state index >= 15 is 0 Å². The zero-order valence-corrected chi connectivity index (χ0v) is 30.4. The van der Waals surface area contributed by atoms with E-state index in [1.807, 2.05) is 0 Å². The Morgan fingerprint density at radius 3 is 2.31 bits per heavy atom. The van der Waals surface area contributed by atoms with Crippen LogP contribution in [0.5, 0.6) is 0 Å². The van der Waals surface area contributed by atoms with Crippen LogP contribution >= 0.6 is 11.3 Å².